The molecule has 114 valence electrons. The smallest absolute Gasteiger partial charge is 0.261 e. The van der Waals surface area contributed by atoms with E-state index < -0.39 is 5.54 Å². The molecule has 3 aromatic rings. The SMILES string of the molecule is Cc1cc2ncc(-c3nc(C4(N)CCCC4)no3)c(C)n2n1. The Labute approximate surface area is 127 Å². The molecular weight excluding hydrogens is 280 g/mol. The van der Waals surface area contributed by atoms with E-state index in [1.165, 1.54) is 0 Å². The normalized spacial score (nSPS) is 17.4. The predicted octanol–water partition coefficient (Wildman–Crippen LogP) is 2.12. The first-order valence-corrected chi connectivity index (χ1v) is 7.52. The molecule has 7 nitrogen and oxygen atoms in total. The fourth-order valence-electron chi connectivity index (χ4n) is 3.14. The number of aromatic nitrogens is 5. The summed E-state index contributed by atoms with van der Waals surface area (Å²) in [7, 11) is 0. The largest absolute Gasteiger partial charge is 0.334 e. The molecule has 0 bridgehead atoms. The summed E-state index contributed by atoms with van der Waals surface area (Å²) in [5.41, 5.74) is 9.38. The Morgan fingerprint density at radius 3 is 2.82 bits per heavy atom. The van der Waals surface area contributed by atoms with Gasteiger partial charge in [-0.15, -0.1) is 0 Å². The van der Waals surface area contributed by atoms with Crippen LogP contribution in [0.25, 0.3) is 17.1 Å². The van der Waals surface area contributed by atoms with Gasteiger partial charge in [0.2, 0.25) is 0 Å². The van der Waals surface area contributed by atoms with Crippen LogP contribution in [0.3, 0.4) is 0 Å². The van der Waals surface area contributed by atoms with Crippen LogP contribution in [0.15, 0.2) is 16.8 Å². The molecule has 1 aliphatic rings. The Hall–Kier alpha value is -2.28. The van der Waals surface area contributed by atoms with Gasteiger partial charge in [0.15, 0.2) is 11.5 Å². The van der Waals surface area contributed by atoms with E-state index in [0.717, 1.165) is 48.3 Å². The van der Waals surface area contributed by atoms with Crippen LogP contribution in [0.2, 0.25) is 0 Å². The lowest BCUT2D eigenvalue weighted by molar-refractivity contribution is 0.372. The lowest BCUT2D eigenvalue weighted by Crippen LogP contribution is -2.34. The molecule has 0 atom stereocenters. The molecule has 1 fully saturated rings. The van der Waals surface area contributed by atoms with E-state index in [4.69, 9.17) is 10.3 Å². The van der Waals surface area contributed by atoms with Crippen molar-refractivity contribution >= 4 is 5.65 Å². The third-order valence-corrected chi connectivity index (χ3v) is 4.44. The molecule has 4 rings (SSSR count). The average molecular weight is 298 g/mol. The molecule has 0 amide bonds. The van der Waals surface area contributed by atoms with E-state index in [2.05, 4.69) is 20.2 Å². The van der Waals surface area contributed by atoms with Crippen molar-refractivity contribution in [2.45, 2.75) is 45.1 Å². The maximum Gasteiger partial charge on any atom is 0.261 e. The van der Waals surface area contributed by atoms with Crippen molar-refractivity contribution in [1.29, 1.82) is 0 Å². The second-order valence-corrected chi connectivity index (χ2v) is 6.10. The lowest BCUT2D eigenvalue weighted by Gasteiger charge is -2.17. The van der Waals surface area contributed by atoms with Gasteiger partial charge in [0.25, 0.3) is 5.89 Å². The molecule has 0 radical (unpaired) electrons. The standard InChI is InChI=1S/C15H18N6O/c1-9-7-12-17-8-11(10(2)21(12)19-9)13-18-14(20-22-13)15(16)5-3-4-6-15/h7-8H,3-6,16H2,1-2H3. The summed E-state index contributed by atoms with van der Waals surface area (Å²) in [6, 6.07) is 1.93. The van der Waals surface area contributed by atoms with E-state index in [-0.39, 0.29) is 0 Å². The molecule has 1 aliphatic carbocycles. The van der Waals surface area contributed by atoms with Crippen molar-refractivity contribution in [2.75, 3.05) is 0 Å². The molecule has 22 heavy (non-hydrogen) atoms. The first kappa shape index (κ1) is 13.4. The first-order chi connectivity index (χ1) is 10.6. The van der Waals surface area contributed by atoms with E-state index in [0.29, 0.717) is 11.7 Å². The summed E-state index contributed by atoms with van der Waals surface area (Å²) in [5.74, 6) is 1.04. The maximum absolute atomic E-state index is 6.39. The van der Waals surface area contributed by atoms with Crippen LogP contribution in [0, 0.1) is 13.8 Å². The Morgan fingerprint density at radius 2 is 2.05 bits per heavy atom. The Bertz CT molecular complexity index is 843. The van der Waals surface area contributed by atoms with Gasteiger partial charge in [-0.2, -0.15) is 10.1 Å². The summed E-state index contributed by atoms with van der Waals surface area (Å²) in [6.07, 6.45) is 5.78. The molecule has 0 aromatic carbocycles. The highest BCUT2D eigenvalue weighted by Gasteiger charge is 2.36. The monoisotopic (exact) mass is 298 g/mol. The lowest BCUT2D eigenvalue weighted by atomic mass is 9.99. The number of hydrogen-bond donors (Lipinski definition) is 1. The van der Waals surface area contributed by atoms with Crippen LogP contribution >= 0.6 is 0 Å². The quantitative estimate of drug-likeness (QED) is 0.778. The number of fused-ring (bicyclic) bond motifs is 1. The highest BCUT2D eigenvalue weighted by Crippen LogP contribution is 2.35. The highest BCUT2D eigenvalue weighted by atomic mass is 16.5. The van der Waals surface area contributed by atoms with Gasteiger partial charge in [0.05, 0.1) is 22.5 Å². The summed E-state index contributed by atoms with van der Waals surface area (Å²) < 4.78 is 7.24. The molecule has 0 unspecified atom stereocenters. The third-order valence-electron chi connectivity index (χ3n) is 4.44. The Kier molecular flexibility index (Phi) is 2.80. The van der Waals surface area contributed by atoms with Crippen molar-refractivity contribution in [3.05, 3.63) is 29.5 Å². The number of rotatable bonds is 2. The number of nitrogens with zero attached hydrogens (tertiary/aromatic N) is 5. The molecule has 2 N–H and O–H groups in total. The van der Waals surface area contributed by atoms with Crippen molar-refractivity contribution < 1.29 is 4.52 Å². The van der Waals surface area contributed by atoms with Crippen LogP contribution in [0.4, 0.5) is 0 Å². The zero-order chi connectivity index (χ0) is 15.3. The van der Waals surface area contributed by atoms with Gasteiger partial charge in [0, 0.05) is 12.3 Å². The topological polar surface area (TPSA) is 95.1 Å². The van der Waals surface area contributed by atoms with Gasteiger partial charge in [-0.1, -0.05) is 18.0 Å². The minimum Gasteiger partial charge on any atom is -0.334 e. The molecular formula is C15H18N6O. The second-order valence-electron chi connectivity index (χ2n) is 6.10. The van der Waals surface area contributed by atoms with Gasteiger partial charge in [-0.05, 0) is 26.7 Å². The van der Waals surface area contributed by atoms with Crippen LogP contribution in [0.1, 0.15) is 42.9 Å². The van der Waals surface area contributed by atoms with Crippen LogP contribution in [-0.2, 0) is 5.54 Å². The summed E-state index contributed by atoms with van der Waals surface area (Å²) in [5, 5.41) is 8.54. The van der Waals surface area contributed by atoms with Gasteiger partial charge in [-0.25, -0.2) is 9.50 Å². The highest BCUT2D eigenvalue weighted by molar-refractivity contribution is 5.58. The zero-order valence-electron chi connectivity index (χ0n) is 12.7. The van der Waals surface area contributed by atoms with Crippen molar-refractivity contribution in [3.8, 4) is 11.5 Å². The minimum absolute atomic E-state index is 0.449. The first-order valence-electron chi connectivity index (χ1n) is 7.52. The maximum atomic E-state index is 6.39. The van der Waals surface area contributed by atoms with E-state index in [9.17, 15) is 0 Å². The van der Waals surface area contributed by atoms with Crippen LogP contribution in [0.5, 0.6) is 0 Å². The molecule has 1 saturated carbocycles. The van der Waals surface area contributed by atoms with Gasteiger partial charge in [-0.3, -0.25) is 0 Å². The van der Waals surface area contributed by atoms with Crippen molar-refractivity contribution in [2.24, 2.45) is 5.73 Å². The minimum atomic E-state index is -0.449. The van der Waals surface area contributed by atoms with E-state index in [1.807, 2.05) is 19.9 Å². The number of hydrogen-bond acceptors (Lipinski definition) is 6. The Balaban J connectivity index is 1.79. The fraction of sp³-hybridized carbons (Fsp3) is 0.467. The summed E-state index contributed by atoms with van der Waals surface area (Å²) >= 11 is 0. The molecule has 0 saturated heterocycles. The number of nitrogens with two attached hydrogens (primary N) is 1. The molecule has 7 heteroatoms. The number of aryl methyl sites for hydroxylation is 2. The molecule has 3 heterocycles. The fourth-order valence-corrected chi connectivity index (χ4v) is 3.14. The van der Waals surface area contributed by atoms with Gasteiger partial charge < -0.3 is 10.3 Å². The summed E-state index contributed by atoms with van der Waals surface area (Å²) in [6.45, 7) is 3.91. The van der Waals surface area contributed by atoms with Gasteiger partial charge >= 0.3 is 0 Å². The van der Waals surface area contributed by atoms with Gasteiger partial charge in [0.1, 0.15) is 0 Å². The third kappa shape index (κ3) is 1.93. The van der Waals surface area contributed by atoms with Crippen molar-refractivity contribution in [3.63, 3.8) is 0 Å². The molecule has 0 aliphatic heterocycles. The Morgan fingerprint density at radius 1 is 1.27 bits per heavy atom. The zero-order valence-corrected chi connectivity index (χ0v) is 12.7. The van der Waals surface area contributed by atoms with Crippen LogP contribution in [-0.4, -0.2) is 24.7 Å². The predicted molar refractivity (Wildman–Crippen MR) is 80.1 cm³/mol. The molecule has 3 aromatic heterocycles. The average Bonchev–Trinajstić information content (AvgIpc) is 3.18. The molecule has 0 spiro atoms. The van der Waals surface area contributed by atoms with E-state index in [1.54, 1.807) is 10.7 Å². The summed E-state index contributed by atoms with van der Waals surface area (Å²) in [4.78, 5) is 8.93. The second kappa shape index (κ2) is 4.61. The van der Waals surface area contributed by atoms with E-state index >= 15 is 0 Å². The van der Waals surface area contributed by atoms with Crippen molar-refractivity contribution in [1.82, 2.24) is 24.7 Å². The van der Waals surface area contributed by atoms with Crippen LogP contribution < -0.4 is 5.73 Å².